The number of carbonyl (C=O) groups excluding carboxylic acids is 3. The molecule has 0 N–H and O–H groups in total. The average Bonchev–Trinajstić information content (AvgIpc) is 3.31. The minimum atomic E-state index is -0.438. The third-order valence-electron chi connectivity index (χ3n) is 4.67. The summed E-state index contributed by atoms with van der Waals surface area (Å²) in [6, 6.07) is 19.7. The Balaban J connectivity index is 1.54. The molecule has 3 aromatic rings. The van der Waals surface area contributed by atoms with Crippen molar-refractivity contribution in [3.05, 3.63) is 95.4 Å². The lowest BCUT2D eigenvalue weighted by molar-refractivity contribution is -0.133. The van der Waals surface area contributed by atoms with Gasteiger partial charge in [0, 0.05) is 6.54 Å². The predicted octanol–water partition coefficient (Wildman–Crippen LogP) is 3.10. The van der Waals surface area contributed by atoms with Gasteiger partial charge in [0.2, 0.25) is 5.91 Å². The molecule has 2 heterocycles. The summed E-state index contributed by atoms with van der Waals surface area (Å²) in [6.07, 6.45) is 1.55. The summed E-state index contributed by atoms with van der Waals surface area (Å²) in [7, 11) is 0. The van der Waals surface area contributed by atoms with E-state index in [-0.39, 0.29) is 19.0 Å². The Hall–Kier alpha value is -3.67. The summed E-state index contributed by atoms with van der Waals surface area (Å²) >= 11 is 0. The van der Waals surface area contributed by atoms with Crippen molar-refractivity contribution < 1.29 is 18.8 Å². The Morgan fingerprint density at radius 2 is 1.46 bits per heavy atom. The molecule has 6 nitrogen and oxygen atoms in total. The van der Waals surface area contributed by atoms with Crippen LogP contribution in [0.1, 0.15) is 32.0 Å². The van der Waals surface area contributed by atoms with Gasteiger partial charge in [0.1, 0.15) is 12.3 Å². The highest BCUT2D eigenvalue weighted by atomic mass is 16.3. The van der Waals surface area contributed by atoms with E-state index in [1.54, 1.807) is 47.6 Å². The lowest BCUT2D eigenvalue weighted by atomic mass is 10.1. The molecule has 0 spiro atoms. The molecule has 6 heteroatoms. The van der Waals surface area contributed by atoms with Crippen LogP contribution in [0, 0.1) is 0 Å². The van der Waals surface area contributed by atoms with Gasteiger partial charge in [-0.1, -0.05) is 42.5 Å². The van der Waals surface area contributed by atoms with Crippen LogP contribution in [0.2, 0.25) is 0 Å². The molecule has 4 rings (SSSR count). The number of imide groups is 1. The zero-order valence-electron chi connectivity index (χ0n) is 15.1. The number of nitrogens with zero attached hydrogens (tertiary/aromatic N) is 2. The zero-order valence-corrected chi connectivity index (χ0v) is 15.1. The van der Waals surface area contributed by atoms with E-state index in [0.29, 0.717) is 23.4 Å². The topological polar surface area (TPSA) is 70.8 Å². The molecule has 140 valence electrons. The van der Waals surface area contributed by atoms with Gasteiger partial charge < -0.3 is 9.32 Å². The fourth-order valence-corrected chi connectivity index (χ4v) is 3.24. The second kappa shape index (κ2) is 7.52. The number of carbonyl (C=O) groups is 3. The van der Waals surface area contributed by atoms with Crippen LogP contribution in [0.4, 0.5) is 0 Å². The Labute approximate surface area is 162 Å². The number of furan rings is 1. The van der Waals surface area contributed by atoms with E-state index in [0.717, 1.165) is 10.5 Å². The summed E-state index contributed by atoms with van der Waals surface area (Å²) in [6.45, 7) is 0.299. The van der Waals surface area contributed by atoms with Crippen molar-refractivity contribution >= 4 is 17.7 Å². The number of rotatable bonds is 6. The largest absolute Gasteiger partial charge is 0.467 e. The molecule has 1 aliphatic rings. The van der Waals surface area contributed by atoms with Crippen LogP contribution >= 0.6 is 0 Å². The van der Waals surface area contributed by atoms with E-state index in [1.807, 2.05) is 30.3 Å². The first-order valence-electron chi connectivity index (χ1n) is 8.93. The lowest BCUT2D eigenvalue weighted by Crippen LogP contribution is -2.42. The van der Waals surface area contributed by atoms with Gasteiger partial charge in [-0.2, -0.15) is 0 Å². The first-order valence-corrected chi connectivity index (χ1v) is 8.93. The average molecular weight is 374 g/mol. The van der Waals surface area contributed by atoms with Crippen molar-refractivity contribution in [3.63, 3.8) is 0 Å². The van der Waals surface area contributed by atoms with Crippen LogP contribution < -0.4 is 0 Å². The van der Waals surface area contributed by atoms with Crippen molar-refractivity contribution in [1.29, 1.82) is 0 Å². The Morgan fingerprint density at radius 1 is 0.821 bits per heavy atom. The molecule has 0 saturated carbocycles. The Kier molecular flexibility index (Phi) is 4.76. The molecular weight excluding hydrogens is 356 g/mol. The van der Waals surface area contributed by atoms with Gasteiger partial charge in [-0.25, -0.2) is 0 Å². The van der Waals surface area contributed by atoms with Gasteiger partial charge in [-0.3, -0.25) is 19.3 Å². The molecule has 3 amide bonds. The number of amides is 3. The van der Waals surface area contributed by atoms with E-state index >= 15 is 0 Å². The normalized spacial score (nSPS) is 12.9. The summed E-state index contributed by atoms with van der Waals surface area (Å²) < 4.78 is 5.37. The maximum Gasteiger partial charge on any atom is 0.262 e. The van der Waals surface area contributed by atoms with Gasteiger partial charge in [0.05, 0.1) is 23.9 Å². The van der Waals surface area contributed by atoms with Crippen molar-refractivity contribution in [2.24, 2.45) is 0 Å². The standard InChI is InChI=1S/C22H18N2O4/c25-20(15-24-21(26)18-10-4-5-11-19(18)22(24)27)23(14-17-9-6-12-28-17)13-16-7-2-1-3-8-16/h1-12H,13-15H2. The molecule has 1 aliphatic heterocycles. The summed E-state index contributed by atoms with van der Waals surface area (Å²) in [5.41, 5.74) is 1.62. The minimum absolute atomic E-state index is 0.254. The van der Waals surface area contributed by atoms with Crippen molar-refractivity contribution in [2.45, 2.75) is 13.1 Å². The monoisotopic (exact) mass is 374 g/mol. The maximum absolute atomic E-state index is 13.0. The van der Waals surface area contributed by atoms with Crippen LogP contribution in [0.15, 0.2) is 77.4 Å². The molecule has 0 fully saturated rings. The highest BCUT2D eigenvalue weighted by Gasteiger charge is 2.37. The quantitative estimate of drug-likeness (QED) is 0.622. The second-order valence-corrected chi connectivity index (χ2v) is 6.56. The predicted molar refractivity (Wildman–Crippen MR) is 101 cm³/mol. The fourth-order valence-electron chi connectivity index (χ4n) is 3.24. The second-order valence-electron chi connectivity index (χ2n) is 6.56. The molecule has 2 aromatic carbocycles. The zero-order chi connectivity index (χ0) is 19.5. The van der Waals surface area contributed by atoms with Gasteiger partial charge >= 0.3 is 0 Å². The van der Waals surface area contributed by atoms with Gasteiger partial charge in [0.25, 0.3) is 11.8 Å². The van der Waals surface area contributed by atoms with Gasteiger partial charge in [-0.05, 0) is 29.8 Å². The van der Waals surface area contributed by atoms with Gasteiger partial charge in [-0.15, -0.1) is 0 Å². The SMILES string of the molecule is O=C(CN1C(=O)c2ccccc2C1=O)N(Cc1ccccc1)Cc1ccco1. The molecule has 28 heavy (non-hydrogen) atoms. The highest BCUT2D eigenvalue weighted by Crippen LogP contribution is 2.22. The van der Waals surface area contributed by atoms with Crippen LogP contribution in [0.3, 0.4) is 0 Å². The Bertz CT molecular complexity index is 977. The van der Waals surface area contributed by atoms with E-state index in [9.17, 15) is 14.4 Å². The van der Waals surface area contributed by atoms with Crippen LogP contribution in [-0.4, -0.2) is 34.1 Å². The highest BCUT2D eigenvalue weighted by molar-refractivity contribution is 6.22. The first-order chi connectivity index (χ1) is 13.6. The van der Waals surface area contributed by atoms with Crippen LogP contribution in [0.5, 0.6) is 0 Å². The van der Waals surface area contributed by atoms with Crippen molar-refractivity contribution in [2.75, 3.05) is 6.54 Å². The number of hydrogen-bond acceptors (Lipinski definition) is 4. The molecule has 0 unspecified atom stereocenters. The molecule has 0 radical (unpaired) electrons. The molecule has 0 atom stereocenters. The minimum Gasteiger partial charge on any atom is -0.467 e. The van der Waals surface area contributed by atoms with E-state index in [1.165, 1.54) is 0 Å². The molecule has 0 aliphatic carbocycles. The molecule has 0 bridgehead atoms. The van der Waals surface area contributed by atoms with Crippen LogP contribution in [0.25, 0.3) is 0 Å². The van der Waals surface area contributed by atoms with E-state index in [2.05, 4.69) is 0 Å². The molecule has 1 aromatic heterocycles. The molecule has 0 saturated heterocycles. The third-order valence-corrected chi connectivity index (χ3v) is 4.67. The molecular formula is C22H18N2O4. The summed E-state index contributed by atoms with van der Waals surface area (Å²) in [5, 5.41) is 0. The lowest BCUT2D eigenvalue weighted by Gasteiger charge is -2.24. The van der Waals surface area contributed by atoms with Crippen LogP contribution in [-0.2, 0) is 17.9 Å². The smallest absolute Gasteiger partial charge is 0.262 e. The van der Waals surface area contributed by atoms with Crippen molar-refractivity contribution in [1.82, 2.24) is 9.80 Å². The summed E-state index contributed by atoms with van der Waals surface area (Å²) in [4.78, 5) is 40.7. The number of fused-ring (bicyclic) bond motifs is 1. The first kappa shape index (κ1) is 17.7. The fraction of sp³-hybridized carbons (Fsp3) is 0.136. The third kappa shape index (κ3) is 3.44. The van der Waals surface area contributed by atoms with Gasteiger partial charge in [0.15, 0.2) is 0 Å². The van der Waals surface area contributed by atoms with E-state index in [4.69, 9.17) is 4.42 Å². The van der Waals surface area contributed by atoms with E-state index < -0.39 is 11.8 Å². The van der Waals surface area contributed by atoms with Crippen molar-refractivity contribution in [3.8, 4) is 0 Å². The number of hydrogen-bond donors (Lipinski definition) is 0. The maximum atomic E-state index is 13.0. The summed E-state index contributed by atoms with van der Waals surface area (Å²) in [5.74, 6) is -0.570. The number of benzene rings is 2. The Morgan fingerprint density at radius 3 is 2.07 bits per heavy atom.